The van der Waals surface area contributed by atoms with Crippen molar-refractivity contribution in [3.05, 3.63) is 68.7 Å². The van der Waals surface area contributed by atoms with Crippen LogP contribution in [-0.4, -0.2) is 28.8 Å². The summed E-state index contributed by atoms with van der Waals surface area (Å²) in [6.45, 7) is 9.98. The first-order chi connectivity index (χ1) is 14.1. The second-order valence-electron chi connectivity index (χ2n) is 8.02. The molecule has 0 saturated heterocycles. The van der Waals surface area contributed by atoms with E-state index in [0.717, 1.165) is 22.3 Å². The molecule has 0 heterocycles. The van der Waals surface area contributed by atoms with E-state index in [-0.39, 0.29) is 30.8 Å². The molecule has 0 aliphatic heterocycles. The lowest BCUT2D eigenvalue weighted by molar-refractivity contribution is -0.141. The summed E-state index contributed by atoms with van der Waals surface area (Å²) in [4.78, 5) is 27.9. The molecule has 2 rings (SSSR count). The van der Waals surface area contributed by atoms with Gasteiger partial charge < -0.3 is 10.2 Å². The van der Waals surface area contributed by atoms with Crippen LogP contribution in [-0.2, 0) is 22.6 Å². The summed E-state index contributed by atoms with van der Waals surface area (Å²) in [5, 5.41) is 3.94. The van der Waals surface area contributed by atoms with Crippen molar-refractivity contribution in [2.45, 2.75) is 66.1 Å². The van der Waals surface area contributed by atoms with Crippen molar-refractivity contribution in [3.8, 4) is 0 Å². The Hall–Kier alpha value is -2.04. The van der Waals surface area contributed by atoms with Crippen molar-refractivity contribution in [2.75, 3.05) is 0 Å². The second-order valence-corrected chi connectivity index (χ2v) is 8.86. The lowest BCUT2D eigenvalue weighted by Crippen LogP contribution is -2.50. The predicted molar refractivity (Wildman–Crippen MR) is 124 cm³/mol. The lowest BCUT2D eigenvalue weighted by atomic mass is 10.0. The van der Waals surface area contributed by atoms with Crippen molar-refractivity contribution < 1.29 is 9.59 Å². The smallest absolute Gasteiger partial charge is 0.243 e. The van der Waals surface area contributed by atoms with Gasteiger partial charge in [0.25, 0.3) is 0 Å². The summed E-state index contributed by atoms with van der Waals surface area (Å²) < 4.78 is 0. The first-order valence-corrected chi connectivity index (χ1v) is 11.0. The van der Waals surface area contributed by atoms with Gasteiger partial charge in [0.1, 0.15) is 6.04 Å². The summed E-state index contributed by atoms with van der Waals surface area (Å²) in [5.41, 5.74) is 3.90. The Balaban J connectivity index is 2.37. The molecule has 2 amide bonds. The molecule has 2 aromatic rings. The molecule has 0 fully saturated rings. The third kappa shape index (κ3) is 6.75. The molecule has 1 atom stereocenters. The van der Waals surface area contributed by atoms with E-state index in [1.165, 1.54) is 0 Å². The van der Waals surface area contributed by atoms with E-state index in [1.54, 1.807) is 23.1 Å². The topological polar surface area (TPSA) is 49.4 Å². The van der Waals surface area contributed by atoms with Crippen LogP contribution in [0.3, 0.4) is 0 Å². The number of halogens is 2. The second kappa shape index (κ2) is 10.8. The maximum absolute atomic E-state index is 13.4. The maximum atomic E-state index is 13.4. The maximum Gasteiger partial charge on any atom is 0.243 e. The number of carbonyl (C=O) groups excluding carboxylic acids is 2. The lowest BCUT2D eigenvalue weighted by Gasteiger charge is -2.31. The molecule has 0 saturated carbocycles. The van der Waals surface area contributed by atoms with Gasteiger partial charge in [-0.15, -0.1) is 0 Å². The number of aryl methyl sites for hydroxylation is 2. The summed E-state index contributed by atoms with van der Waals surface area (Å²) >= 11 is 12.4. The van der Waals surface area contributed by atoms with E-state index in [1.807, 2.05) is 46.8 Å². The third-order valence-electron chi connectivity index (χ3n) is 4.81. The van der Waals surface area contributed by atoms with Crippen LogP contribution in [0.1, 0.15) is 49.4 Å². The summed E-state index contributed by atoms with van der Waals surface area (Å²) in [5.74, 6) is -0.275. The molecular weight excluding hydrogens is 419 g/mol. The van der Waals surface area contributed by atoms with Gasteiger partial charge in [0.2, 0.25) is 11.8 Å². The Morgan fingerprint density at radius 2 is 1.67 bits per heavy atom. The molecule has 0 radical (unpaired) electrons. The normalized spacial score (nSPS) is 12.0. The molecule has 2 aromatic carbocycles. The van der Waals surface area contributed by atoms with E-state index in [4.69, 9.17) is 23.2 Å². The van der Waals surface area contributed by atoms with E-state index in [2.05, 4.69) is 11.4 Å². The van der Waals surface area contributed by atoms with Gasteiger partial charge in [-0.3, -0.25) is 9.59 Å². The number of benzene rings is 2. The van der Waals surface area contributed by atoms with Gasteiger partial charge in [-0.25, -0.2) is 0 Å². The molecule has 162 valence electrons. The zero-order valence-electron chi connectivity index (χ0n) is 18.3. The van der Waals surface area contributed by atoms with Gasteiger partial charge in [0.15, 0.2) is 0 Å². The Kier molecular flexibility index (Phi) is 8.75. The van der Waals surface area contributed by atoms with Crippen molar-refractivity contribution >= 4 is 35.0 Å². The molecule has 1 N–H and O–H groups in total. The Labute approximate surface area is 189 Å². The molecule has 0 aliphatic rings. The number of nitrogens with one attached hydrogen (secondary N) is 1. The van der Waals surface area contributed by atoms with Gasteiger partial charge in [-0.05, 0) is 57.4 Å². The molecule has 0 aromatic heterocycles. The van der Waals surface area contributed by atoms with Crippen LogP contribution in [0.4, 0.5) is 0 Å². The molecule has 6 heteroatoms. The highest BCUT2D eigenvalue weighted by Gasteiger charge is 2.29. The molecule has 30 heavy (non-hydrogen) atoms. The Bertz CT molecular complexity index is 892. The molecule has 4 nitrogen and oxygen atoms in total. The predicted octanol–water partition coefficient (Wildman–Crippen LogP) is 5.48. The first-order valence-electron chi connectivity index (χ1n) is 10.2. The molecule has 0 spiro atoms. The van der Waals surface area contributed by atoms with Gasteiger partial charge in [-0.2, -0.15) is 0 Å². The zero-order valence-corrected chi connectivity index (χ0v) is 19.8. The molecule has 0 aliphatic carbocycles. The minimum atomic E-state index is -0.586. The standard InChI is InChI=1S/C24H30Cl2N2O2/c1-6-22(24(30)27-15(2)3)28(14-19-7-8-20(25)13-21(19)26)23(29)12-18-10-16(4)9-17(5)11-18/h7-11,13,15,22H,6,12,14H2,1-5H3,(H,27,30). The number of hydrogen-bond acceptors (Lipinski definition) is 2. The quantitative estimate of drug-likeness (QED) is 0.580. The van der Waals surface area contributed by atoms with Gasteiger partial charge >= 0.3 is 0 Å². The molecule has 1 unspecified atom stereocenters. The highest BCUT2D eigenvalue weighted by Crippen LogP contribution is 2.24. The van der Waals surface area contributed by atoms with E-state index in [0.29, 0.717) is 16.5 Å². The van der Waals surface area contributed by atoms with Crippen LogP contribution in [0.5, 0.6) is 0 Å². The minimum absolute atomic E-state index is 0.0120. The number of amides is 2. The summed E-state index contributed by atoms with van der Waals surface area (Å²) in [6.07, 6.45) is 0.724. The van der Waals surface area contributed by atoms with Crippen LogP contribution in [0.25, 0.3) is 0 Å². The van der Waals surface area contributed by atoms with E-state index < -0.39 is 6.04 Å². The monoisotopic (exact) mass is 448 g/mol. The van der Waals surface area contributed by atoms with Gasteiger partial charge in [0, 0.05) is 22.6 Å². The van der Waals surface area contributed by atoms with Crippen molar-refractivity contribution in [1.29, 1.82) is 0 Å². The van der Waals surface area contributed by atoms with Crippen LogP contribution < -0.4 is 5.32 Å². The Morgan fingerprint density at radius 3 is 2.20 bits per heavy atom. The number of nitrogens with zero attached hydrogens (tertiary/aromatic N) is 1. The highest BCUT2D eigenvalue weighted by atomic mass is 35.5. The third-order valence-corrected chi connectivity index (χ3v) is 5.40. The van der Waals surface area contributed by atoms with Crippen LogP contribution in [0.15, 0.2) is 36.4 Å². The van der Waals surface area contributed by atoms with Crippen molar-refractivity contribution in [2.24, 2.45) is 0 Å². The average Bonchev–Trinajstić information content (AvgIpc) is 2.61. The number of rotatable bonds is 8. The molecular formula is C24H30Cl2N2O2. The Morgan fingerprint density at radius 1 is 1.03 bits per heavy atom. The molecule has 0 bridgehead atoms. The number of hydrogen-bond donors (Lipinski definition) is 1. The average molecular weight is 449 g/mol. The summed E-state index contributed by atoms with van der Waals surface area (Å²) in [6, 6.07) is 10.7. The van der Waals surface area contributed by atoms with Gasteiger partial charge in [-0.1, -0.05) is 65.5 Å². The van der Waals surface area contributed by atoms with Crippen LogP contribution in [0.2, 0.25) is 10.0 Å². The highest BCUT2D eigenvalue weighted by molar-refractivity contribution is 6.35. The SMILES string of the molecule is CCC(C(=O)NC(C)C)N(Cc1ccc(Cl)cc1Cl)C(=O)Cc1cc(C)cc(C)c1. The summed E-state index contributed by atoms with van der Waals surface area (Å²) in [7, 11) is 0. The minimum Gasteiger partial charge on any atom is -0.352 e. The van der Waals surface area contributed by atoms with E-state index in [9.17, 15) is 9.59 Å². The van der Waals surface area contributed by atoms with Crippen LogP contribution >= 0.6 is 23.2 Å². The van der Waals surface area contributed by atoms with Crippen LogP contribution in [0, 0.1) is 13.8 Å². The largest absolute Gasteiger partial charge is 0.352 e. The van der Waals surface area contributed by atoms with Crippen molar-refractivity contribution in [1.82, 2.24) is 10.2 Å². The van der Waals surface area contributed by atoms with E-state index >= 15 is 0 Å². The fourth-order valence-corrected chi connectivity index (χ4v) is 4.05. The number of carbonyl (C=O) groups is 2. The fraction of sp³-hybridized carbons (Fsp3) is 0.417. The van der Waals surface area contributed by atoms with Gasteiger partial charge in [0.05, 0.1) is 6.42 Å². The zero-order chi connectivity index (χ0) is 22.4. The first kappa shape index (κ1) is 24.2. The van der Waals surface area contributed by atoms with Crippen molar-refractivity contribution in [3.63, 3.8) is 0 Å². The fourth-order valence-electron chi connectivity index (χ4n) is 3.58.